The van der Waals surface area contributed by atoms with Crippen LogP contribution in [-0.2, 0) is 9.47 Å². The van der Waals surface area contributed by atoms with Gasteiger partial charge in [-0.2, -0.15) is 0 Å². The van der Waals surface area contributed by atoms with Gasteiger partial charge in [0.25, 0.3) is 0 Å². The minimum atomic E-state index is 0.0892. The molecule has 29 heavy (non-hydrogen) atoms. The van der Waals surface area contributed by atoms with Crippen LogP contribution >= 0.6 is 11.3 Å². The predicted molar refractivity (Wildman–Crippen MR) is 112 cm³/mol. The molecule has 2 aliphatic rings. The molecule has 0 spiro atoms. The largest absolute Gasteiger partial charge is 0.493 e. The number of ether oxygens (including phenoxy) is 5. The zero-order valence-electron chi connectivity index (χ0n) is 16.8. The molecule has 2 aromatic carbocycles. The smallest absolute Gasteiger partial charge is 0.161 e. The molecular formula is C22H25NO5S. The van der Waals surface area contributed by atoms with E-state index in [1.165, 1.54) is 4.70 Å². The van der Waals surface area contributed by atoms with Crippen molar-refractivity contribution < 1.29 is 23.7 Å². The highest BCUT2D eigenvalue weighted by molar-refractivity contribution is 7.18. The van der Waals surface area contributed by atoms with E-state index in [0.29, 0.717) is 12.7 Å². The molecule has 6 nitrogen and oxygen atoms in total. The van der Waals surface area contributed by atoms with Gasteiger partial charge in [-0.3, -0.25) is 0 Å². The highest BCUT2D eigenvalue weighted by Gasteiger charge is 2.31. The highest BCUT2D eigenvalue weighted by atomic mass is 32.1. The molecule has 3 aromatic rings. The average Bonchev–Trinajstić information content (AvgIpc) is 3.64. The molecule has 0 amide bonds. The molecule has 3 unspecified atom stereocenters. The van der Waals surface area contributed by atoms with Crippen molar-refractivity contribution in [1.29, 1.82) is 0 Å². The van der Waals surface area contributed by atoms with Gasteiger partial charge in [-0.1, -0.05) is 12.1 Å². The van der Waals surface area contributed by atoms with Crippen LogP contribution in [0.2, 0.25) is 0 Å². The molecule has 2 saturated heterocycles. The van der Waals surface area contributed by atoms with E-state index in [4.69, 9.17) is 23.7 Å². The minimum absolute atomic E-state index is 0.0892. The Bertz CT molecular complexity index is 951. The summed E-state index contributed by atoms with van der Waals surface area (Å²) in [6.07, 6.45) is 0.643. The lowest BCUT2D eigenvalue weighted by Gasteiger charge is -2.14. The molecule has 0 N–H and O–H groups in total. The van der Waals surface area contributed by atoms with Crippen LogP contribution in [0.3, 0.4) is 0 Å². The molecule has 0 aliphatic carbocycles. The van der Waals surface area contributed by atoms with Crippen LogP contribution in [0.4, 0.5) is 0 Å². The number of nitrogens with zero attached hydrogens (tertiary/aromatic N) is 1. The molecule has 5 rings (SSSR count). The van der Waals surface area contributed by atoms with E-state index >= 15 is 0 Å². The molecule has 0 bridgehead atoms. The lowest BCUT2D eigenvalue weighted by Crippen LogP contribution is -2.18. The zero-order chi connectivity index (χ0) is 20.2. The van der Waals surface area contributed by atoms with Gasteiger partial charge >= 0.3 is 0 Å². The molecule has 0 saturated carbocycles. The van der Waals surface area contributed by atoms with Crippen molar-refractivity contribution in [2.45, 2.75) is 32.2 Å². The van der Waals surface area contributed by atoms with Gasteiger partial charge < -0.3 is 23.7 Å². The maximum atomic E-state index is 5.71. The quantitative estimate of drug-likeness (QED) is 0.538. The van der Waals surface area contributed by atoms with Crippen molar-refractivity contribution in [2.75, 3.05) is 26.9 Å². The standard InChI is InChI=1S/C11H11NO2S.C11H14O3/c1-7-12-10-4-8(2-3-11(10)15-7)13-5-9-6-14-9;1-8(11-7-13-11)14-10-6-4-3-5-9(10)12-2/h2-4,9H,5-6H2,1H3;3-6,8,11H,7H2,1-2H3. The molecule has 154 valence electrons. The number of rotatable bonds is 7. The van der Waals surface area contributed by atoms with Crippen LogP contribution in [0.5, 0.6) is 17.2 Å². The molecule has 2 aliphatic heterocycles. The summed E-state index contributed by atoms with van der Waals surface area (Å²) >= 11 is 1.71. The van der Waals surface area contributed by atoms with Crippen LogP contribution in [0.1, 0.15) is 11.9 Å². The molecule has 1 aromatic heterocycles. The number of benzene rings is 2. The van der Waals surface area contributed by atoms with Gasteiger partial charge in [-0.15, -0.1) is 11.3 Å². The lowest BCUT2D eigenvalue weighted by molar-refractivity contribution is 0.170. The second-order valence-electron chi connectivity index (χ2n) is 6.97. The fourth-order valence-corrected chi connectivity index (χ4v) is 3.59. The first-order valence-electron chi connectivity index (χ1n) is 9.65. The van der Waals surface area contributed by atoms with Crippen LogP contribution in [0.15, 0.2) is 42.5 Å². The van der Waals surface area contributed by atoms with E-state index in [0.717, 1.165) is 41.0 Å². The summed E-state index contributed by atoms with van der Waals surface area (Å²) in [5, 5.41) is 1.09. The fourth-order valence-electron chi connectivity index (χ4n) is 2.78. The Morgan fingerprint density at radius 3 is 2.59 bits per heavy atom. The van der Waals surface area contributed by atoms with Gasteiger partial charge in [-0.05, 0) is 38.1 Å². The summed E-state index contributed by atoms with van der Waals surface area (Å²) in [7, 11) is 1.64. The van der Waals surface area contributed by atoms with Crippen molar-refractivity contribution in [3.8, 4) is 17.2 Å². The van der Waals surface area contributed by atoms with Crippen LogP contribution in [0.25, 0.3) is 10.2 Å². The number of methoxy groups -OCH3 is 1. The number of thiazole rings is 1. The van der Waals surface area contributed by atoms with Gasteiger partial charge in [-0.25, -0.2) is 4.98 Å². The Hall–Kier alpha value is -2.35. The Kier molecular flexibility index (Phi) is 6.18. The van der Waals surface area contributed by atoms with Crippen molar-refractivity contribution in [3.05, 3.63) is 47.5 Å². The third-order valence-electron chi connectivity index (χ3n) is 4.57. The molecule has 2 fully saturated rings. The molecule has 7 heteroatoms. The molecule has 0 radical (unpaired) electrons. The predicted octanol–water partition coefficient (Wildman–Crippen LogP) is 4.24. The van der Waals surface area contributed by atoms with Crippen molar-refractivity contribution in [3.63, 3.8) is 0 Å². The van der Waals surface area contributed by atoms with Crippen LogP contribution in [-0.4, -0.2) is 50.2 Å². The summed E-state index contributed by atoms with van der Waals surface area (Å²) in [5.74, 6) is 2.42. The molecule has 3 atom stereocenters. The maximum absolute atomic E-state index is 5.71. The lowest BCUT2D eigenvalue weighted by atomic mass is 10.3. The van der Waals surface area contributed by atoms with E-state index < -0.39 is 0 Å². The number of fused-ring (bicyclic) bond motifs is 1. The SMILES string of the molecule is COc1ccccc1OC(C)C1CO1.Cc1nc2cc(OCC3CO3)ccc2s1. The minimum Gasteiger partial charge on any atom is -0.493 e. The van der Waals surface area contributed by atoms with Gasteiger partial charge in [0.1, 0.15) is 30.7 Å². The average molecular weight is 416 g/mol. The monoisotopic (exact) mass is 415 g/mol. The van der Waals surface area contributed by atoms with E-state index in [-0.39, 0.29) is 12.2 Å². The van der Waals surface area contributed by atoms with Gasteiger partial charge in [0, 0.05) is 6.07 Å². The number of epoxide rings is 2. The second kappa shape index (κ2) is 8.98. The van der Waals surface area contributed by atoms with Gasteiger partial charge in [0.2, 0.25) is 0 Å². The van der Waals surface area contributed by atoms with Crippen LogP contribution in [0, 0.1) is 6.92 Å². The first-order chi connectivity index (χ1) is 14.1. The topological polar surface area (TPSA) is 65.6 Å². The van der Waals surface area contributed by atoms with Crippen molar-refractivity contribution in [2.24, 2.45) is 0 Å². The normalized spacial score (nSPS) is 20.4. The Morgan fingerprint density at radius 2 is 1.90 bits per heavy atom. The zero-order valence-corrected chi connectivity index (χ0v) is 17.6. The third-order valence-corrected chi connectivity index (χ3v) is 5.52. The summed E-state index contributed by atoms with van der Waals surface area (Å²) < 4.78 is 27.9. The number of aryl methyl sites for hydroxylation is 1. The van der Waals surface area contributed by atoms with E-state index in [1.54, 1.807) is 18.4 Å². The van der Waals surface area contributed by atoms with E-state index in [9.17, 15) is 0 Å². The second-order valence-corrected chi connectivity index (χ2v) is 8.21. The Morgan fingerprint density at radius 1 is 1.14 bits per heavy atom. The van der Waals surface area contributed by atoms with Crippen molar-refractivity contribution >= 4 is 21.6 Å². The van der Waals surface area contributed by atoms with Crippen LogP contribution < -0.4 is 14.2 Å². The highest BCUT2D eigenvalue weighted by Crippen LogP contribution is 2.29. The summed E-state index contributed by atoms with van der Waals surface area (Å²) in [6, 6.07) is 13.7. The number of hydrogen-bond donors (Lipinski definition) is 0. The van der Waals surface area contributed by atoms with Crippen molar-refractivity contribution in [1.82, 2.24) is 4.98 Å². The number of para-hydroxylation sites is 2. The number of hydrogen-bond acceptors (Lipinski definition) is 7. The van der Waals surface area contributed by atoms with Gasteiger partial charge in [0.15, 0.2) is 11.5 Å². The summed E-state index contributed by atoms with van der Waals surface area (Å²) in [4.78, 5) is 4.42. The Labute approximate surface area is 174 Å². The first-order valence-corrected chi connectivity index (χ1v) is 10.5. The maximum Gasteiger partial charge on any atom is 0.161 e. The summed E-state index contributed by atoms with van der Waals surface area (Å²) in [5.41, 5.74) is 1.02. The molecular weight excluding hydrogens is 390 g/mol. The third kappa shape index (κ3) is 5.59. The van der Waals surface area contributed by atoms with E-state index in [2.05, 4.69) is 11.1 Å². The van der Waals surface area contributed by atoms with E-state index in [1.807, 2.05) is 50.2 Å². The first kappa shape index (κ1) is 19.9. The Balaban J connectivity index is 0.000000142. The molecule has 3 heterocycles. The fraction of sp³-hybridized carbons (Fsp3) is 0.409. The summed E-state index contributed by atoms with van der Waals surface area (Å²) in [6.45, 7) is 6.30. The number of aromatic nitrogens is 1. The van der Waals surface area contributed by atoms with Gasteiger partial charge in [0.05, 0.1) is 35.5 Å².